The number of carbonyl (C=O) groups excluding carboxylic acids is 2. The lowest BCUT2D eigenvalue weighted by Crippen LogP contribution is -2.51. The zero-order valence-corrected chi connectivity index (χ0v) is 12.5. The Kier molecular flexibility index (Phi) is 5.27. The van der Waals surface area contributed by atoms with Crippen molar-refractivity contribution in [2.45, 2.75) is 32.4 Å². The second kappa shape index (κ2) is 6.52. The summed E-state index contributed by atoms with van der Waals surface area (Å²) in [5, 5.41) is 2.75. The molecule has 0 heterocycles. The van der Waals surface area contributed by atoms with Crippen molar-refractivity contribution < 1.29 is 9.59 Å². The highest BCUT2D eigenvalue weighted by Gasteiger charge is 2.24. The first-order valence-electron chi connectivity index (χ1n) is 6.61. The number of hydrogen-bond acceptors (Lipinski definition) is 3. The highest BCUT2D eigenvalue weighted by molar-refractivity contribution is 5.97. The second-order valence-corrected chi connectivity index (χ2v) is 5.66. The van der Waals surface area contributed by atoms with Gasteiger partial charge in [0.2, 0.25) is 5.91 Å². The van der Waals surface area contributed by atoms with E-state index in [2.05, 4.69) is 5.32 Å². The molecule has 0 radical (unpaired) electrons. The van der Waals surface area contributed by atoms with E-state index in [0.29, 0.717) is 12.1 Å². The molecule has 0 aliphatic carbocycles. The van der Waals surface area contributed by atoms with Crippen LogP contribution in [0.15, 0.2) is 30.3 Å². The molecule has 1 aromatic rings. The molecule has 1 atom stereocenters. The molecular weight excluding hydrogens is 254 g/mol. The van der Waals surface area contributed by atoms with E-state index in [0.717, 1.165) is 0 Å². The molecular formula is C15H23N3O2. The first-order valence-corrected chi connectivity index (χ1v) is 6.61. The van der Waals surface area contributed by atoms with E-state index in [9.17, 15) is 9.59 Å². The number of rotatable bonds is 5. The standard InChI is InChI=1S/C15H23N3O2/c1-11(13(19)17-10-15(2,3)16)18(4)14(20)12-8-6-5-7-9-12/h5-9,11H,10,16H2,1-4H3,(H,17,19)/t11-/m0/s1. The van der Waals surface area contributed by atoms with Crippen LogP contribution in [0.5, 0.6) is 0 Å². The van der Waals surface area contributed by atoms with Crippen molar-refractivity contribution in [3.63, 3.8) is 0 Å². The van der Waals surface area contributed by atoms with Crippen LogP contribution in [0.2, 0.25) is 0 Å². The van der Waals surface area contributed by atoms with Crippen LogP contribution in [0, 0.1) is 0 Å². The summed E-state index contributed by atoms with van der Waals surface area (Å²) in [6.07, 6.45) is 0. The van der Waals surface area contributed by atoms with Crippen LogP contribution in [0.3, 0.4) is 0 Å². The van der Waals surface area contributed by atoms with Crippen molar-refractivity contribution in [2.24, 2.45) is 5.73 Å². The normalized spacial score (nSPS) is 12.7. The summed E-state index contributed by atoms with van der Waals surface area (Å²) in [5.74, 6) is -0.393. The molecule has 0 saturated heterocycles. The number of likely N-dealkylation sites (N-methyl/N-ethyl adjacent to an activating group) is 1. The topological polar surface area (TPSA) is 75.4 Å². The predicted octanol–water partition coefficient (Wildman–Crippen LogP) is 1.00. The second-order valence-electron chi connectivity index (χ2n) is 5.66. The van der Waals surface area contributed by atoms with E-state index in [1.54, 1.807) is 38.2 Å². The third-order valence-electron chi connectivity index (χ3n) is 3.02. The largest absolute Gasteiger partial charge is 0.352 e. The third kappa shape index (κ3) is 4.66. The van der Waals surface area contributed by atoms with Crippen molar-refractivity contribution in [1.82, 2.24) is 10.2 Å². The molecule has 0 aromatic heterocycles. The molecule has 5 nitrogen and oxygen atoms in total. The van der Waals surface area contributed by atoms with Gasteiger partial charge in [0.25, 0.3) is 5.91 Å². The van der Waals surface area contributed by atoms with Gasteiger partial charge in [-0.3, -0.25) is 9.59 Å². The molecule has 0 unspecified atom stereocenters. The van der Waals surface area contributed by atoms with Crippen molar-refractivity contribution in [2.75, 3.05) is 13.6 Å². The van der Waals surface area contributed by atoms with Crippen LogP contribution in [-0.4, -0.2) is 41.9 Å². The van der Waals surface area contributed by atoms with Crippen molar-refractivity contribution in [1.29, 1.82) is 0 Å². The lowest BCUT2D eigenvalue weighted by atomic mass is 10.1. The molecule has 5 heteroatoms. The Morgan fingerprint density at radius 1 is 1.30 bits per heavy atom. The summed E-state index contributed by atoms with van der Waals surface area (Å²) in [6.45, 7) is 5.72. The molecule has 2 amide bonds. The molecule has 0 bridgehead atoms. The SMILES string of the molecule is C[C@@H](C(=O)NCC(C)(C)N)N(C)C(=O)c1ccccc1. The molecule has 0 fully saturated rings. The van der Waals surface area contributed by atoms with Gasteiger partial charge >= 0.3 is 0 Å². The highest BCUT2D eigenvalue weighted by Crippen LogP contribution is 2.06. The molecule has 110 valence electrons. The number of nitrogens with zero attached hydrogens (tertiary/aromatic N) is 1. The summed E-state index contributed by atoms with van der Waals surface area (Å²) in [7, 11) is 1.62. The summed E-state index contributed by atoms with van der Waals surface area (Å²) in [4.78, 5) is 25.6. The van der Waals surface area contributed by atoms with Gasteiger partial charge in [0.05, 0.1) is 0 Å². The number of carbonyl (C=O) groups is 2. The van der Waals surface area contributed by atoms with Gasteiger partial charge < -0.3 is 16.0 Å². The molecule has 0 saturated carbocycles. The van der Waals surface area contributed by atoms with Crippen LogP contribution in [0.1, 0.15) is 31.1 Å². The minimum atomic E-state index is -0.551. The van der Waals surface area contributed by atoms with Gasteiger partial charge in [-0.1, -0.05) is 18.2 Å². The summed E-state index contributed by atoms with van der Waals surface area (Å²) < 4.78 is 0. The Labute approximate surface area is 120 Å². The first-order chi connectivity index (χ1) is 9.22. The van der Waals surface area contributed by atoms with Gasteiger partial charge in [0.15, 0.2) is 0 Å². The van der Waals surface area contributed by atoms with E-state index in [4.69, 9.17) is 5.73 Å². The van der Waals surface area contributed by atoms with E-state index < -0.39 is 11.6 Å². The van der Waals surface area contributed by atoms with Crippen LogP contribution >= 0.6 is 0 Å². The number of amides is 2. The lowest BCUT2D eigenvalue weighted by Gasteiger charge is -2.26. The lowest BCUT2D eigenvalue weighted by molar-refractivity contribution is -0.125. The molecule has 0 aliphatic heterocycles. The van der Waals surface area contributed by atoms with Crippen LogP contribution < -0.4 is 11.1 Å². The Balaban J connectivity index is 2.65. The average molecular weight is 277 g/mol. The number of nitrogens with two attached hydrogens (primary N) is 1. The summed E-state index contributed by atoms with van der Waals surface area (Å²) in [5.41, 5.74) is 5.90. The Bertz CT molecular complexity index is 466. The fraction of sp³-hybridized carbons (Fsp3) is 0.467. The quantitative estimate of drug-likeness (QED) is 0.843. The van der Waals surface area contributed by atoms with Gasteiger partial charge in [-0.15, -0.1) is 0 Å². The first kappa shape index (κ1) is 16.2. The van der Waals surface area contributed by atoms with E-state index in [1.807, 2.05) is 19.9 Å². The highest BCUT2D eigenvalue weighted by atomic mass is 16.2. The zero-order chi connectivity index (χ0) is 15.3. The maximum Gasteiger partial charge on any atom is 0.254 e. The maximum atomic E-state index is 12.2. The molecule has 20 heavy (non-hydrogen) atoms. The molecule has 0 aliphatic rings. The number of hydrogen-bond donors (Lipinski definition) is 2. The van der Waals surface area contributed by atoms with Crippen molar-refractivity contribution in [3.8, 4) is 0 Å². The monoisotopic (exact) mass is 277 g/mol. The molecule has 0 spiro atoms. The number of benzene rings is 1. The van der Waals surface area contributed by atoms with Gasteiger partial charge in [-0.05, 0) is 32.9 Å². The van der Waals surface area contributed by atoms with Crippen LogP contribution in [0.4, 0.5) is 0 Å². The van der Waals surface area contributed by atoms with Gasteiger partial charge in [0, 0.05) is 24.7 Å². The fourth-order valence-electron chi connectivity index (χ4n) is 1.60. The number of nitrogens with one attached hydrogen (secondary N) is 1. The van der Waals surface area contributed by atoms with E-state index in [1.165, 1.54) is 4.90 Å². The molecule has 1 aromatic carbocycles. The van der Waals surface area contributed by atoms with Crippen molar-refractivity contribution >= 4 is 11.8 Å². The predicted molar refractivity (Wildman–Crippen MR) is 79.3 cm³/mol. The summed E-state index contributed by atoms with van der Waals surface area (Å²) in [6, 6.07) is 8.34. The van der Waals surface area contributed by atoms with Gasteiger partial charge in [-0.25, -0.2) is 0 Å². The Morgan fingerprint density at radius 2 is 1.85 bits per heavy atom. The third-order valence-corrected chi connectivity index (χ3v) is 3.02. The Morgan fingerprint density at radius 3 is 2.35 bits per heavy atom. The average Bonchev–Trinajstić information content (AvgIpc) is 2.42. The maximum absolute atomic E-state index is 12.2. The smallest absolute Gasteiger partial charge is 0.254 e. The van der Waals surface area contributed by atoms with Crippen LogP contribution in [0.25, 0.3) is 0 Å². The van der Waals surface area contributed by atoms with Crippen molar-refractivity contribution in [3.05, 3.63) is 35.9 Å². The molecule has 1 rings (SSSR count). The Hall–Kier alpha value is -1.88. The van der Waals surface area contributed by atoms with Gasteiger partial charge in [-0.2, -0.15) is 0 Å². The van der Waals surface area contributed by atoms with E-state index >= 15 is 0 Å². The minimum Gasteiger partial charge on any atom is -0.352 e. The van der Waals surface area contributed by atoms with Gasteiger partial charge in [0.1, 0.15) is 6.04 Å². The summed E-state index contributed by atoms with van der Waals surface area (Å²) >= 11 is 0. The molecule has 3 N–H and O–H groups in total. The zero-order valence-electron chi connectivity index (χ0n) is 12.5. The fourth-order valence-corrected chi connectivity index (χ4v) is 1.60. The van der Waals surface area contributed by atoms with E-state index in [-0.39, 0.29) is 11.8 Å². The minimum absolute atomic E-state index is 0.180. The van der Waals surface area contributed by atoms with Crippen LogP contribution in [-0.2, 0) is 4.79 Å².